The molecule has 1 aromatic carbocycles. The van der Waals surface area contributed by atoms with Gasteiger partial charge in [-0.3, -0.25) is 9.69 Å². The third-order valence-corrected chi connectivity index (χ3v) is 6.25. The van der Waals surface area contributed by atoms with Crippen molar-refractivity contribution in [3.8, 4) is 0 Å². The SMILES string of the molecule is O=C(c1cccc2ccsc12)C1(N2CCCC2)CCCC1. The average Bonchev–Trinajstić information content (AvgIpc) is 3.24. The predicted molar refractivity (Wildman–Crippen MR) is 88.2 cm³/mol. The highest BCUT2D eigenvalue weighted by Crippen LogP contribution is 2.41. The molecule has 4 rings (SSSR count). The number of thiophene rings is 1. The van der Waals surface area contributed by atoms with E-state index in [1.165, 1.54) is 35.8 Å². The minimum absolute atomic E-state index is 0.200. The van der Waals surface area contributed by atoms with Crippen molar-refractivity contribution in [3.63, 3.8) is 0 Å². The summed E-state index contributed by atoms with van der Waals surface area (Å²) in [5, 5.41) is 3.30. The molecule has 2 nitrogen and oxygen atoms in total. The van der Waals surface area contributed by atoms with Crippen LogP contribution in [0.3, 0.4) is 0 Å². The standard InChI is InChI=1S/C18H21NOS/c20-17(15-7-5-6-14-8-13-21-16(14)15)18(9-1-2-10-18)19-11-3-4-12-19/h5-8,13H,1-4,9-12H2. The van der Waals surface area contributed by atoms with Crippen LogP contribution < -0.4 is 0 Å². The number of rotatable bonds is 3. The Balaban J connectivity index is 1.79. The molecular formula is C18H21NOS. The number of Topliss-reactive ketones (excluding diaryl/α,β-unsaturated/α-hetero) is 1. The van der Waals surface area contributed by atoms with Crippen molar-refractivity contribution in [3.05, 3.63) is 35.2 Å². The van der Waals surface area contributed by atoms with E-state index in [4.69, 9.17) is 0 Å². The third kappa shape index (κ3) is 2.06. The summed E-state index contributed by atoms with van der Waals surface area (Å²) in [6.45, 7) is 2.21. The molecule has 1 aliphatic carbocycles. The van der Waals surface area contributed by atoms with E-state index in [0.29, 0.717) is 5.78 Å². The van der Waals surface area contributed by atoms with Crippen molar-refractivity contribution in [2.45, 2.75) is 44.1 Å². The highest BCUT2D eigenvalue weighted by atomic mass is 32.1. The van der Waals surface area contributed by atoms with E-state index in [9.17, 15) is 4.79 Å². The second kappa shape index (κ2) is 5.22. The molecular weight excluding hydrogens is 278 g/mol. The van der Waals surface area contributed by atoms with Crippen LogP contribution in [-0.2, 0) is 0 Å². The molecule has 0 bridgehead atoms. The van der Waals surface area contributed by atoms with E-state index in [1.54, 1.807) is 11.3 Å². The van der Waals surface area contributed by atoms with Gasteiger partial charge in [-0.2, -0.15) is 0 Å². The molecule has 1 aliphatic heterocycles. The normalized spacial score (nSPS) is 22.1. The lowest BCUT2D eigenvalue weighted by Crippen LogP contribution is -2.51. The Labute approximate surface area is 129 Å². The van der Waals surface area contributed by atoms with Crippen molar-refractivity contribution < 1.29 is 4.79 Å². The molecule has 1 aromatic heterocycles. The van der Waals surface area contributed by atoms with Crippen molar-refractivity contribution in [1.82, 2.24) is 4.90 Å². The van der Waals surface area contributed by atoms with Crippen molar-refractivity contribution >= 4 is 27.2 Å². The van der Waals surface area contributed by atoms with Crippen LogP contribution in [0.1, 0.15) is 48.9 Å². The number of hydrogen-bond donors (Lipinski definition) is 0. The molecule has 0 spiro atoms. The largest absolute Gasteiger partial charge is 0.292 e. The second-order valence-electron chi connectivity index (χ2n) is 6.41. The highest BCUT2D eigenvalue weighted by Gasteiger charge is 2.47. The van der Waals surface area contributed by atoms with E-state index in [0.717, 1.165) is 31.5 Å². The molecule has 2 aromatic rings. The first-order valence-electron chi connectivity index (χ1n) is 8.07. The Hall–Kier alpha value is -1.19. The third-order valence-electron chi connectivity index (χ3n) is 5.29. The summed E-state index contributed by atoms with van der Waals surface area (Å²) >= 11 is 1.70. The number of nitrogens with zero attached hydrogens (tertiary/aromatic N) is 1. The van der Waals surface area contributed by atoms with E-state index >= 15 is 0 Å². The van der Waals surface area contributed by atoms with Gasteiger partial charge in [0.2, 0.25) is 0 Å². The van der Waals surface area contributed by atoms with Crippen LogP contribution in [0.25, 0.3) is 10.1 Å². The molecule has 1 saturated heterocycles. The van der Waals surface area contributed by atoms with Crippen molar-refractivity contribution in [2.24, 2.45) is 0 Å². The molecule has 2 fully saturated rings. The molecule has 2 heterocycles. The van der Waals surface area contributed by atoms with Crippen LogP contribution in [-0.4, -0.2) is 29.3 Å². The van der Waals surface area contributed by atoms with Gasteiger partial charge in [0.05, 0.1) is 5.54 Å². The summed E-state index contributed by atoms with van der Waals surface area (Å²) in [7, 11) is 0. The van der Waals surface area contributed by atoms with Gasteiger partial charge in [-0.25, -0.2) is 0 Å². The van der Waals surface area contributed by atoms with Gasteiger partial charge in [-0.05, 0) is 61.7 Å². The molecule has 0 amide bonds. The zero-order valence-corrected chi connectivity index (χ0v) is 13.1. The van der Waals surface area contributed by atoms with Gasteiger partial charge in [-0.1, -0.05) is 25.0 Å². The number of benzene rings is 1. The molecule has 1 saturated carbocycles. The maximum absolute atomic E-state index is 13.4. The molecule has 2 aliphatic rings. The molecule has 0 N–H and O–H groups in total. The summed E-state index contributed by atoms with van der Waals surface area (Å²) in [4.78, 5) is 15.9. The minimum atomic E-state index is -0.200. The maximum atomic E-state index is 13.4. The Morgan fingerprint density at radius 1 is 1.05 bits per heavy atom. The zero-order valence-electron chi connectivity index (χ0n) is 12.3. The van der Waals surface area contributed by atoms with Crippen LogP contribution in [0.5, 0.6) is 0 Å². The number of ketones is 1. The lowest BCUT2D eigenvalue weighted by Gasteiger charge is -2.37. The van der Waals surface area contributed by atoms with Crippen LogP contribution >= 0.6 is 11.3 Å². The van der Waals surface area contributed by atoms with Crippen LogP contribution in [0.2, 0.25) is 0 Å². The van der Waals surface area contributed by atoms with Crippen molar-refractivity contribution in [1.29, 1.82) is 0 Å². The Kier molecular flexibility index (Phi) is 3.35. The fraction of sp³-hybridized carbons (Fsp3) is 0.500. The quantitative estimate of drug-likeness (QED) is 0.778. The Morgan fingerprint density at radius 2 is 1.81 bits per heavy atom. The maximum Gasteiger partial charge on any atom is 0.184 e. The van der Waals surface area contributed by atoms with Crippen molar-refractivity contribution in [2.75, 3.05) is 13.1 Å². The molecule has 21 heavy (non-hydrogen) atoms. The number of carbonyl (C=O) groups is 1. The van der Waals surface area contributed by atoms with Gasteiger partial charge in [0, 0.05) is 10.3 Å². The molecule has 3 heteroatoms. The molecule has 0 unspecified atom stereocenters. The first-order chi connectivity index (χ1) is 10.3. The van der Waals surface area contributed by atoms with Gasteiger partial charge in [0.1, 0.15) is 0 Å². The van der Waals surface area contributed by atoms with Gasteiger partial charge in [-0.15, -0.1) is 11.3 Å². The lowest BCUT2D eigenvalue weighted by atomic mass is 9.85. The van der Waals surface area contributed by atoms with E-state index in [2.05, 4.69) is 22.4 Å². The fourth-order valence-electron chi connectivity index (χ4n) is 4.21. The number of carbonyl (C=O) groups excluding carboxylic acids is 1. The van der Waals surface area contributed by atoms with E-state index < -0.39 is 0 Å². The second-order valence-corrected chi connectivity index (χ2v) is 7.32. The van der Waals surface area contributed by atoms with Gasteiger partial charge < -0.3 is 0 Å². The van der Waals surface area contributed by atoms with Gasteiger partial charge in [0.15, 0.2) is 5.78 Å². The fourth-order valence-corrected chi connectivity index (χ4v) is 5.13. The topological polar surface area (TPSA) is 20.3 Å². The Bertz CT molecular complexity index is 663. The van der Waals surface area contributed by atoms with Crippen LogP contribution in [0.15, 0.2) is 29.6 Å². The summed E-state index contributed by atoms with van der Waals surface area (Å²) in [5.41, 5.74) is 0.755. The van der Waals surface area contributed by atoms with Gasteiger partial charge in [0.25, 0.3) is 0 Å². The molecule has 0 atom stereocenters. The zero-order chi connectivity index (χ0) is 14.3. The number of fused-ring (bicyclic) bond motifs is 1. The Morgan fingerprint density at radius 3 is 2.57 bits per heavy atom. The number of hydrogen-bond acceptors (Lipinski definition) is 3. The predicted octanol–water partition coefficient (Wildman–Crippen LogP) is 4.49. The highest BCUT2D eigenvalue weighted by molar-refractivity contribution is 7.17. The first-order valence-corrected chi connectivity index (χ1v) is 8.95. The summed E-state index contributed by atoms with van der Waals surface area (Å²) in [5.74, 6) is 0.384. The smallest absolute Gasteiger partial charge is 0.184 e. The first kappa shape index (κ1) is 13.5. The van der Waals surface area contributed by atoms with E-state index in [-0.39, 0.29) is 5.54 Å². The van der Waals surface area contributed by atoms with Crippen LogP contribution in [0.4, 0.5) is 0 Å². The summed E-state index contributed by atoms with van der Waals surface area (Å²) < 4.78 is 1.17. The summed E-state index contributed by atoms with van der Waals surface area (Å²) in [6.07, 6.45) is 6.99. The number of likely N-dealkylation sites (tertiary alicyclic amines) is 1. The molecule has 110 valence electrons. The molecule has 0 radical (unpaired) electrons. The van der Waals surface area contributed by atoms with Crippen LogP contribution in [0, 0.1) is 0 Å². The monoisotopic (exact) mass is 299 g/mol. The summed E-state index contributed by atoms with van der Waals surface area (Å²) in [6, 6.07) is 8.31. The van der Waals surface area contributed by atoms with E-state index in [1.807, 2.05) is 12.1 Å². The van der Waals surface area contributed by atoms with Gasteiger partial charge >= 0.3 is 0 Å². The average molecular weight is 299 g/mol. The lowest BCUT2D eigenvalue weighted by molar-refractivity contribution is 0.0628. The minimum Gasteiger partial charge on any atom is -0.292 e.